The van der Waals surface area contributed by atoms with E-state index in [1.165, 1.54) is 25.3 Å². The smallest absolute Gasteiger partial charge is 0.257 e. The Morgan fingerprint density at radius 1 is 1.60 bits per heavy atom. The summed E-state index contributed by atoms with van der Waals surface area (Å²) >= 11 is 0. The zero-order chi connectivity index (χ0) is 7.40. The molecule has 1 amide bonds. The molecule has 0 aromatic carbocycles. The van der Waals surface area contributed by atoms with E-state index in [0.29, 0.717) is 5.92 Å². The first-order chi connectivity index (χ1) is 4.83. The lowest BCUT2D eigenvalue weighted by Crippen LogP contribution is -2.28. The van der Waals surface area contributed by atoms with E-state index in [9.17, 15) is 4.79 Å². The number of rotatable bonds is 2. The Morgan fingerprint density at radius 3 is 2.70 bits per heavy atom. The minimum atomic E-state index is -0.216. The van der Waals surface area contributed by atoms with E-state index in [4.69, 9.17) is 5.84 Å². The fourth-order valence-electron chi connectivity index (χ4n) is 0.904. The summed E-state index contributed by atoms with van der Waals surface area (Å²) in [6.45, 7) is 0. The molecule has 0 atom stereocenters. The van der Waals surface area contributed by atoms with Crippen LogP contribution in [0.4, 0.5) is 0 Å². The fraction of sp³-hybridized carbons (Fsp3) is 0.571. The number of hydrazine groups is 1. The van der Waals surface area contributed by atoms with E-state index < -0.39 is 0 Å². The van der Waals surface area contributed by atoms with Gasteiger partial charge in [-0.15, -0.1) is 0 Å². The molecule has 1 aliphatic carbocycles. The number of nitrogens with one attached hydrogen (secondary N) is 1. The Bertz CT molecular complexity index is 150. The lowest BCUT2D eigenvalue weighted by atomic mass is 9.85. The summed E-state index contributed by atoms with van der Waals surface area (Å²) in [6, 6.07) is 0. The van der Waals surface area contributed by atoms with E-state index in [0.717, 1.165) is 0 Å². The standard InChI is InChI=1S/C7H12N2O/c8-9-7(10)5-4-6-2-1-3-6/h4-6H,1-3,8H2,(H,9,10)/b5-4+. The first-order valence-corrected chi connectivity index (χ1v) is 3.51. The van der Waals surface area contributed by atoms with Crippen LogP contribution in [0, 0.1) is 5.92 Å². The van der Waals surface area contributed by atoms with Crippen molar-refractivity contribution >= 4 is 5.91 Å². The molecule has 0 saturated heterocycles. The maximum Gasteiger partial charge on any atom is 0.257 e. The molecule has 10 heavy (non-hydrogen) atoms. The first kappa shape index (κ1) is 7.28. The van der Waals surface area contributed by atoms with Crippen LogP contribution in [-0.4, -0.2) is 5.91 Å². The van der Waals surface area contributed by atoms with Gasteiger partial charge in [-0.2, -0.15) is 0 Å². The minimum Gasteiger partial charge on any atom is -0.291 e. The van der Waals surface area contributed by atoms with Gasteiger partial charge in [0.05, 0.1) is 0 Å². The summed E-state index contributed by atoms with van der Waals surface area (Å²) in [7, 11) is 0. The topological polar surface area (TPSA) is 55.1 Å². The van der Waals surface area contributed by atoms with Gasteiger partial charge in [0.15, 0.2) is 0 Å². The van der Waals surface area contributed by atoms with Gasteiger partial charge in [-0.1, -0.05) is 12.5 Å². The van der Waals surface area contributed by atoms with Crippen molar-refractivity contribution in [1.29, 1.82) is 0 Å². The number of carbonyl (C=O) groups excluding carboxylic acids is 1. The van der Waals surface area contributed by atoms with Crippen LogP contribution in [0.2, 0.25) is 0 Å². The van der Waals surface area contributed by atoms with Crippen LogP contribution in [-0.2, 0) is 4.79 Å². The number of amides is 1. The molecule has 3 N–H and O–H groups in total. The molecule has 0 bridgehead atoms. The SMILES string of the molecule is NNC(=O)/C=C/C1CCC1. The Balaban J connectivity index is 2.21. The number of carbonyl (C=O) groups is 1. The van der Waals surface area contributed by atoms with Crippen LogP contribution in [0.1, 0.15) is 19.3 Å². The largest absolute Gasteiger partial charge is 0.291 e. The second-order valence-electron chi connectivity index (χ2n) is 2.56. The summed E-state index contributed by atoms with van der Waals surface area (Å²) in [4.78, 5) is 10.5. The molecule has 56 valence electrons. The molecule has 0 radical (unpaired) electrons. The average molecular weight is 140 g/mol. The quantitative estimate of drug-likeness (QED) is 0.251. The van der Waals surface area contributed by atoms with Gasteiger partial charge in [-0.3, -0.25) is 10.2 Å². The summed E-state index contributed by atoms with van der Waals surface area (Å²) in [5.74, 6) is 5.27. The highest BCUT2D eigenvalue weighted by Crippen LogP contribution is 2.26. The van der Waals surface area contributed by atoms with Crippen molar-refractivity contribution in [2.75, 3.05) is 0 Å². The Kier molecular flexibility index (Phi) is 2.45. The first-order valence-electron chi connectivity index (χ1n) is 3.51. The average Bonchev–Trinajstić information content (AvgIpc) is 1.84. The van der Waals surface area contributed by atoms with Crippen LogP contribution in [0.25, 0.3) is 0 Å². The second kappa shape index (κ2) is 3.37. The van der Waals surface area contributed by atoms with Crippen LogP contribution in [0.15, 0.2) is 12.2 Å². The van der Waals surface area contributed by atoms with Crippen molar-refractivity contribution in [3.05, 3.63) is 12.2 Å². The van der Waals surface area contributed by atoms with E-state index in [1.54, 1.807) is 0 Å². The zero-order valence-corrected chi connectivity index (χ0v) is 5.84. The van der Waals surface area contributed by atoms with Crippen molar-refractivity contribution in [2.45, 2.75) is 19.3 Å². The Morgan fingerprint density at radius 2 is 2.30 bits per heavy atom. The van der Waals surface area contributed by atoms with Crippen molar-refractivity contribution in [3.8, 4) is 0 Å². The normalized spacial score (nSPS) is 18.9. The predicted octanol–water partition coefficient (Wildman–Crippen LogP) is 0.333. The molecule has 0 aliphatic heterocycles. The van der Waals surface area contributed by atoms with Gasteiger partial charge in [-0.25, -0.2) is 5.84 Å². The molecule has 1 aliphatic rings. The van der Waals surface area contributed by atoms with E-state index >= 15 is 0 Å². The number of allylic oxidation sites excluding steroid dienone is 1. The maximum absolute atomic E-state index is 10.5. The van der Waals surface area contributed by atoms with Gasteiger partial charge in [0, 0.05) is 6.08 Å². The molecular formula is C7H12N2O. The number of hydrogen-bond acceptors (Lipinski definition) is 2. The highest BCUT2D eigenvalue weighted by atomic mass is 16.2. The van der Waals surface area contributed by atoms with Gasteiger partial charge < -0.3 is 0 Å². The van der Waals surface area contributed by atoms with Crippen molar-refractivity contribution in [2.24, 2.45) is 11.8 Å². The third-order valence-corrected chi connectivity index (χ3v) is 1.81. The summed E-state index contributed by atoms with van der Waals surface area (Å²) in [5.41, 5.74) is 2.04. The third-order valence-electron chi connectivity index (χ3n) is 1.81. The molecule has 0 spiro atoms. The predicted molar refractivity (Wildman–Crippen MR) is 38.8 cm³/mol. The summed E-state index contributed by atoms with van der Waals surface area (Å²) < 4.78 is 0. The van der Waals surface area contributed by atoms with Gasteiger partial charge in [0.1, 0.15) is 0 Å². The van der Waals surface area contributed by atoms with E-state index in [1.807, 2.05) is 11.5 Å². The molecule has 0 aromatic heterocycles. The van der Waals surface area contributed by atoms with Gasteiger partial charge in [0.2, 0.25) is 0 Å². The monoisotopic (exact) mass is 140 g/mol. The van der Waals surface area contributed by atoms with Crippen LogP contribution in [0.5, 0.6) is 0 Å². The minimum absolute atomic E-state index is 0.216. The highest BCUT2D eigenvalue weighted by molar-refractivity contribution is 5.86. The maximum atomic E-state index is 10.5. The molecule has 0 heterocycles. The molecule has 0 aromatic rings. The van der Waals surface area contributed by atoms with E-state index in [2.05, 4.69) is 0 Å². The zero-order valence-electron chi connectivity index (χ0n) is 5.84. The molecular weight excluding hydrogens is 128 g/mol. The van der Waals surface area contributed by atoms with Crippen molar-refractivity contribution in [3.63, 3.8) is 0 Å². The molecule has 1 fully saturated rings. The van der Waals surface area contributed by atoms with Crippen LogP contribution >= 0.6 is 0 Å². The number of hydrogen-bond donors (Lipinski definition) is 2. The lowest BCUT2D eigenvalue weighted by molar-refractivity contribution is -0.116. The fourth-order valence-corrected chi connectivity index (χ4v) is 0.904. The van der Waals surface area contributed by atoms with Gasteiger partial charge in [-0.05, 0) is 18.8 Å². The molecule has 3 heteroatoms. The van der Waals surface area contributed by atoms with Crippen molar-refractivity contribution < 1.29 is 4.79 Å². The lowest BCUT2D eigenvalue weighted by Gasteiger charge is -2.20. The molecule has 0 unspecified atom stereocenters. The Hall–Kier alpha value is -0.830. The van der Waals surface area contributed by atoms with Gasteiger partial charge >= 0.3 is 0 Å². The Labute approximate surface area is 60.3 Å². The molecule has 1 rings (SSSR count). The highest BCUT2D eigenvalue weighted by Gasteiger charge is 2.13. The van der Waals surface area contributed by atoms with Crippen LogP contribution in [0.3, 0.4) is 0 Å². The third kappa shape index (κ3) is 1.84. The number of nitrogens with two attached hydrogens (primary N) is 1. The summed E-state index contributed by atoms with van der Waals surface area (Å²) in [6.07, 6.45) is 7.15. The van der Waals surface area contributed by atoms with Crippen LogP contribution < -0.4 is 11.3 Å². The van der Waals surface area contributed by atoms with Crippen molar-refractivity contribution in [1.82, 2.24) is 5.43 Å². The molecule has 1 saturated carbocycles. The summed E-state index contributed by atoms with van der Waals surface area (Å²) in [5, 5.41) is 0. The second-order valence-corrected chi connectivity index (χ2v) is 2.56. The van der Waals surface area contributed by atoms with Gasteiger partial charge in [0.25, 0.3) is 5.91 Å². The van der Waals surface area contributed by atoms with E-state index in [-0.39, 0.29) is 5.91 Å². The molecule has 3 nitrogen and oxygen atoms in total.